The normalized spacial score (nSPS) is 27.4. The van der Waals surface area contributed by atoms with Gasteiger partial charge in [0.05, 0.1) is 0 Å². The van der Waals surface area contributed by atoms with Gasteiger partial charge in [-0.25, -0.2) is 9.97 Å². The van der Waals surface area contributed by atoms with E-state index in [2.05, 4.69) is 26.7 Å². The molecule has 5 nitrogen and oxygen atoms in total. The molecule has 2 aliphatic rings. The van der Waals surface area contributed by atoms with Crippen LogP contribution in [0.4, 0.5) is 5.95 Å². The summed E-state index contributed by atoms with van der Waals surface area (Å²) in [4.78, 5) is 14.2. The summed E-state index contributed by atoms with van der Waals surface area (Å²) < 4.78 is 0. The molecule has 0 bridgehead atoms. The second-order valence-electron chi connectivity index (χ2n) is 6.13. The molecule has 5 heteroatoms. The van der Waals surface area contributed by atoms with Crippen molar-refractivity contribution in [2.24, 2.45) is 5.73 Å². The van der Waals surface area contributed by atoms with E-state index in [1.54, 1.807) is 0 Å². The molecule has 2 aliphatic heterocycles. The lowest BCUT2D eigenvalue weighted by atomic mass is 9.97. The molecule has 3 heterocycles. The summed E-state index contributed by atoms with van der Waals surface area (Å²) in [5.41, 5.74) is 7.74. The van der Waals surface area contributed by atoms with Crippen LogP contribution in [0, 0.1) is 6.92 Å². The number of piperazine rings is 1. The minimum absolute atomic E-state index is 0.479. The second kappa shape index (κ2) is 5.66. The van der Waals surface area contributed by atoms with Gasteiger partial charge in [0.15, 0.2) is 0 Å². The summed E-state index contributed by atoms with van der Waals surface area (Å²) >= 11 is 0. The molecule has 1 aromatic rings. The van der Waals surface area contributed by atoms with Gasteiger partial charge in [-0.05, 0) is 33.2 Å². The lowest BCUT2D eigenvalue weighted by Crippen LogP contribution is -2.59. The number of piperidine rings is 1. The van der Waals surface area contributed by atoms with Gasteiger partial charge in [-0.3, -0.25) is 4.90 Å². The van der Waals surface area contributed by atoms with E-state index in [0.717, 1.165) is 30.3 Å². The summed E-state index contributed by atoms with van der Waals surface area (Å²) in [5.74, 6) is 0.873. The van der Waals surface area contributed by atoms with Gasteiger partial charge in [0.2, 0.25) is 5.95 Å². The monoisotopic (exact) mass is 275 g/mol. The maximum atomic E-state index is 5.69. The van der Waals surface area contributed by atoms with E-state index in [-0.39, 0.29) is 0 Å². The Balaban J connectivity index is 1.80. The van der Waals surface area contributed by atoms with Gasteiger partial charge in [-0.1, -0.05) is 6.42 Å². The maximum Gasteiger partial charge on any atom is 0.225 e. The van der Waals surface area contributed by atoms with Gasteiger partial charge in [0, 0.05) is 49.2 Å². The smallest absolute Gasteiger partial charge is 0.225 e. The van der Waals surface area contributed by atoms with Crippen molar-refractivity contribution in [1.29, 1.82) is 0 Å². The van der Waals surface area contributed by atoms with Crippen LogP contribution in [0.1, 0.15) is 37.4 Å². The zero-order chi connectivity index (χ0) is 14.1. The predicted molar refractivity (Wildman–Crippen MR) is 80.7 cm³/mol. The van der Waals surface area contributed by atoms with E-state index in [1.807, 2.05) is 13.1 Å². The van der Waals surface area contributed by atoms with Crippen molar-refractivity contribution >= 4 is 5.95 Å². The number of anilines is 1. The van der Waals surface area contributed by atoms with Crippen LogP contribution in [-0.4, -0.2) is 46.6 Å². The van der Waals surface area contributed by atoms with E-state index in [4.69, 9.17) is 5.73 Å². The Morgan fingerprint density at radius 2 is 2.20 bits per heavy atom. The van der Waals surface area contributed by atoms with Crippen LogP contribution in [0.25, 0.3) is 0 Å². The van der Waals surface area contributed by atoms with Gasteiger partial charge in [0.25, 0.3) is 0 Å². The number of nitrogens with zero attached hydrogens (tertiary/aromatic N) is 4. The molecule has 2 fully saturated rings. The van der Waals surface area contributed by atoms with E-state index in [0.29, 0.717) is 18.6 Å². The first-order valence-corrected chi connectivity index (χ1v) is 7.72. The quantitative estimate of drug-likeness (QED) is 0.882. The highest BCUT2D eigenvalue weighted by molar-refractivity contribution is 5.35. The number of fused-ring (bicyclic) bond motifs is 1. The fourth-order valence-electron chi connectivity index (χ4n) is 3.45. The molecule has 0 aliphatic carbocycles. The molecule has 0 aromatic carbocycles. The topological polar surface area (TPSA) is 58.3 Å². The Labute approximate surface area is 121 Å². The molecule has 0 saturated carbocycles. The Morgan fingerprint density at radius 3 is 2.95 bits per heavy atom. The lowest BCUT2D eigenvalue weighted by molar-refractivity contribution is 0.115. The Morgan fingerprint density at radius 1 is 1.35 bits per heavy atom. The van der Waals surface area contributed by atoms with Gasteiger partial charge in [0.1, 0.15) is 0 Å². The van der Waals surface area contributed by atoms with Crippen LogP contribution >= 0.6 is 0 Å². The van der Waals surface area contributed by atoms with Gasteiger partial charge < -0.3 is 10.6 Å². The molecular formula is C15H25N5. The van der Waals surface area contributed by atoms with Crippen molar-refractivity contribution in [2.75, 3.05) is 24.5 Å². The number of aromatic nitrogens is 2. The zero-order valence-corrected chi connectivity index (χ0v) is 12.5. The highest BCUT2D eigenvalue weighted by Gasteiger charge is 2.34. The number of aryl methyl sites for hydroxylation is 1. The third kappa shape index (κ3) is 2.52. The Hall–Kier alpha value is -1.20. The van der Waals surface area contributed by atoms with Crippen molar-refractivity contribution in [1.82, 2.24) is 14.9 Å². The summed E-state index contributed by atoms with van der Waals surface area (Å²) in [7, 11) is 0. The first kappa shape index (κ1) is 13.8. The molecule has 2 unspecified atom stereocenters. The fraction of sp³-hybridized carbons (Fsp3) is 0.733. The SMILES string of the molecule is Cc1nc(N2CC3CCCCN3CC2C)ncc1CN. The van der Waals surface area contributed by atoms with E-state index < -0.39 is 0 Å². The van der Waals surface area contributed by atoms with Crippen LogP contribution in [0.15, 0.2) is 6.20 Å². The van der Waals surface area contributed by atoms with E-state index >= 15 is 0 Å². The zero-order valence-electron chi connectivity index (χ0n) is 12.5. The van der Waals surface area contributed by atoms with Crippen LogP contribution < -0.4 is 10.6 Å². The maximum absolute atomic E-state index is 5.69. The van der Waals surface area contributed by atoms with Crippen LogP contribution in [0.3, 0.4) is 0 Å². The van der Waals surface area contributed by atoms with Crippen LogP contribution in [-0.2, 0) is 6.54 Å². The molecule has 0 radical (unpaired) electrons. The van der Waals surface area contributed by atoms with Crippen molar-refractivity contribution in [2.45, 2.75) is 51.7 Å². The minimum atomic E-state index is 0.479. The number of rotatable bonds is 2. The molecule has 0 amide bonds. The third-order valence-corrected chi connectivity index (χ3v) is 4.73. The average Bonchev–Trinajstić information content (AvgIpc) is 2.46. The second-order valence-corrected chi connectivity index (χ2v) is 6.13. The van der Waals surface area contributed by atoms with E-state index in [1.165, 1.54) is 25.8 Å². The van der Waals surface area contributed by atoms with Crippen LogP contribution in [0.5, 0.6) is 0 Å². The minimum Gasteiger partial charge on any atom is -0.335 e. The largest absolute Gasteiger partial charge is 0.335 e. The summed E-state index contributed by atoms with van der Waals surface area (Å²) in [5, 5.41) is 0. The Kier molecular flexibility index (Phi) is 3.89. The van der Waals surface area contributed by atoms with Gasteiger partial charge in [-0.15, -0.1) is 0 Å². The molecule has 3 rings (SSSR count). The highest BCUT2D eigenvalue weighted by atomic mass is 15.4. The van der Waals surface area contributed by atoms with Gasteiger partial charge in [-0.2, -0.15) is 0 Å². The summed E-state index contributed by atoms with van der Waals surface area (Å²) in [6.07, 6.45) is 5.90. The number of nitrogens with two attached hydrogens (primary N) is 1. The molecule has 1 aromatic heterocycles. The molecule has 2 atom stereocenters. The first-order chi connectivity index (χ1) is 9.69. The number of hydrogen-bond acceptors (Lipinski definition) is 5. The molecule has 0 spiro atoms. The fourth-order valence-corrected chi connectivity index (χ4v) is 3.45. The van der Waals surface area contributed by atoms with Crippen molar-refractivity contribution < 1.29 is 0 Å². The highest BCUT2D eigenvalue weighted by Crippen LogP contribution is 2.26. The molecule has 2 N–H and O–H groups in total. The molecule has 2 saturated heterocycles. The van der Waals surface area contributed by atoms with Crippen molar-refractivity contribution in [3.05, 3.63) is 17.5 Å². The van der Waals surface area contributed by atoms with Crippen LogP contribution in [0.2, 0.25) is 0 Å². The standard InChI is InChI=1S/C15H25N5/c1-11-9-19-6-4-3-5-14(19)10-20(11)15-17-8-13(7-16)12(2)18-15/h8,11,14H,3-7,9-10,16H2,1-2H3. The number of hydrogen-bond donors (Lipinski definition) is 1. The predicted octanol–water partition coefficient (Wildman–Crippen LogP) is 1.31. The third-order valence-electron chi connectivity index (χ3n) is 4.73. The Bertz CT molecular complexity index is 475. The summed E-state index contributed by atoms with van der Waals surface area (Å²) in [6, 6.07) is 1.16. The van der Waals surface area contributed by atoms with Gasteiger partial charge >= 0.3 is 0 Å². The average molecular weight is 275 g/mol. The van der Waals surface area contributed by atoms with E-state index in [9.17, 15) is 0 Å². The van der Waals surface area contributed by atoms with Crippen molar-refractivity contribution in [3.8, 4) is 0 Å². The first-order valence-electron chi connectivity index (χ1n) is 7.72. The molecule has 20 heavy (non-hydrogen) atoms. The summed E-state index contributed by atoms with van der Waals surface area (Å²) in [6.45, 7) is 8.26. The molecule has 110 valence electrons. The molecular weight excluding hydrogens is 250 g/mol. The van der Waals surface area contributed by atoms with Crippen molar-refractivity contribution in [3.63, 3.8) is 0 Å². The lowest BCUT2D eigenvalue weighted by Gasteiger charge is -2.47.